The summed E-state index contributed by atoms with van der Waals surface area (Å²) in [7, 11) is 1.62. The van der Waals surface area contributed by atoms with Gasteiger partial charge < -0.3 is 24.0 Å². The number of fused-ring (bicyclic) bond motifs is 2. The lowest BCUT2D eigenvalue weighted by atomic mass is 10.0. The number of carbonyl (C=O) groups excluding carboxylic acids is 2. The third kappa shape index (κ3) is 4.43. The number of ether oxygens (including phenoxy) is 3. The Kier molecular flexibility index (Phi) is 6.19. The van der Waals surface area contributed by atoms with Crippen LogP contribution in [0.5, 0.6) is 5.75 Å². The fourth-order valence-corrected chi connectivity index (χ4v) is 4.21. The van der Waals surface area contributed by atoms with Crippen LogP contribution in [-0.4, -0.2) is 62.5 Å². The molecule has 1 aromatic carbocycles. The molecule has 0 bridgehead atoms. The summed E-state index contributed by atoms with van der Waals surface area (Å²) < 4.78 is 17.3. The third-order valence-electron chi connectivity index (χ3n) is 4.78. The van der Waals surface area contributed by atoms with E-state index >= 15 is 0 Å². The number of amides is 2. The zero-order chi connectivity index (χ0) is 20.5. The monoisotopic (exact) mass is 454 g/mol. The first kappa shape index (κ1) is 20.9. The highest BCUT2D eigenvalue weighted by Gasteiger charge is 2.31. The third-order valence-corrected chi connectivity index (χ3v) is 5.62. The fraction of sp³-hybridized carbons (Fsp3) is 0.600. The van der Waals surface area contributed by atoms with Crippen molar-refractivity contribution in [2.45, 2.75) is 39.2 Å². The molecule has 0 N–H and O–H groups in total. The Hall–Kier alpha value is -1.80. The van der Waals surface area contributed by atoms with Gasteiger partial charge in [-0.15, -0.1) is 0 Å². The van der Waals surface area contributed by atoms with E-state index in [-0.39, 0.29) is 18.6 Å². The number of carbonyl (C=O) groups is 2. The number of methoxy groups -OCH3 is 1. The molecule has 154 valence electrons. The number of anilines is 1. The van der Waals surface area contributed by atoms with Gasteiger partial charge in [0.2, 0.25) is 0 Å². The van der Waals surface area contributed by atoms with Gasteiger partial charge in [-0.2, -0.15) is 0 Å². The first-order chi connectivity index (χ1) is 13.2. The minimum absolute atomic E-state index is 0.0120. The molecule has 8 heteroatoms. The van der Waals surface area contributed by atoms with Crippen molar-refractivity contribution in [3.05, 3.63) is 21.7 Å². The van der Waals surface area contributed by atoms with Gasteiger partial charge in [0, 0.05) is 26.7 Å². The molecule has 2 heterocycles. The van der Waals surface area contributed by atoms with E-state index in [1.54, 1.807) is 16.9 Å². The molecule has 0 fully saturated rings. The maximum Gasteiger partial charge on any atom is 0.410 e. The lowest BCUT2D eigenvalue weighted by Gasteiger charge is -2.31. The van der Waals surface area contributed by atoms with Gasteiger partial charge in [-0.3, -0.25) is 4.79 Å². The average Bonchev–Trinajstić information content (AvgIpc) is 2.82. The second-order valence-electron chi connectivity index (χ2n) is 7.97. The maximum absolute atomic E-state index is 12.5. The molecule has 28 heavy (non-hydrogen) atoms. The number of hydrogen-bond acceptors (Lipinski definition) is 5. The van der Waals surface area contributed by atoms with Crippen LogP contribution in [0, 0.1) is 0 Å². The SMILES string of the molecule is COCCN1C(=O)COc2c1cc1c(c2Br)CCN(C(=O)OC(C)(C)C)CC1. The van der Waals surface area contributed by atoms with Crippen LogP contribution in [0.2, 0.25) is 0 Å². The van der Waals surface area contributed by atoms with Crippen molar-refractivity contribution in [2.75, 3.05) is 44.9 Å². The van der Waals surface area contributed by atoms with E-state index < -0.39 is 5.60 Å². The summed E-state index contributed by atoms with van der Waals surface area (Å²) in [4.78, 5) is 28.3. The van der Waals surface area contributed by atoms with Crippen molar-refractivity contribution in [1.82, 2.24) is 4.90 Å². The van der Waals surface area contributed by atoms with Gasteiger partial charge in [0.15, 0.2) is 12.4 Å². The van der Waals surface area contributed by atoms with Crippen LogP contribution in [0.3, 0.4) is 0 Å². The number of halogens is 1. The first-order valence-electron chi connectivity index (χ1n) is 9.45. The van der Waals surface area contributed by atoms with Crippen LogP contribution >= 0.6 is 15.9 Å². The van der Waals surface area contributed by atoms with E-state index in [1.165, 1.54) is 0 Å². The Labute approximate surface area is 174 Å². The molecule has 2 amide bonds. The predicted octanol–water partition coefficient (Wildman–Crippen LogP) is 3.16. The van der Waals surface area contributed by atoms with Gasteiger partial charge in [-0.05, 0) is 66.7 Å². The molecule has 0 unspecified atom stereocenters. The van der Waals surface area contributed by atoms with Gasteiger partial charge in [0.25, 0.3) is 5.91 Å². The van der Waals surface area contributed by atoms with Crippen molar-refractivity contribution in [3.63, 3.8) is 0 Å². The number of benzene rings is 1. The van der Waals surface area contributed by atoms with E-state index in [2.05, 4.69) is 15.9 Å². The van der Waals surface area contributed by atoms with Gasteiger partial charge in [0.05, 0.1) is 16.8 Å². The molecule has 3 rings (SSSR count). The van der Waals surface area contributed by atoms with E-state index in [0.29, 0.717) is 44.8 Å². The van der Waals surface area contributed by atoms with Crippen molar-refractivity contribution in [3.8, 4) is 5.75 Å². The lowest BCUT2D eigenvalue weighted by molar-refractivity contribution is -0.121. The van der Waals surface area contributed by atoms with Gasteiger partial charge in [-0.25, -0.2) is 4.79 Å². The summed E-state index contributed by atoms with van der Waals surface area (Å²) in [6, 6.07) is 2.01. The minimum atomic E-state index is -0.522. The summed E-state index contributed by atoms with van der Waals surface area (Å²) in [6.07, 6.45) is 1.08. The lowest BCUT2D eigenvalue weighted by Crippen LogP contribution is -2.41. The largest absolute Gasteiger partial charge is 0.480 e. The van der Waals surface area contributed by atoms with Crippen LogP contribution in [-0.2, 0) is 27.1 Å². The Morgan fingerprint density at radius 2 is 2.00 bits per heavy atom. The zero-order valence-electron chi connectivity index (χ0n) is 16.8. The summed E-state index contributed by atoms with van der Waals surface area (Å²) in [6.45, 7) is 7.68. The standard InChI is InChI=1S/C20H27BrN2O5/c1-20(2,3)28-19(25)22-7-5-13-11-15-18(17(21)14(13)6-8-22)27-12-16(24)23(15)9-10-26-4/h11H,5-10,12H2,1-4H3. The average molecular weight is 455 g/mol. The van der Waals surface area contributed by atoms with Gasteiger partial charge in [-0.1, -0.05) is 0 Å². The topological polar surface area (TPSA) is 68.3 Å². The molecule has 0 spiro atoms. The molecule has 7 nitrogen and oxygen atoms in total. The molecule has 0 atom stereocenters. The Morgan fingerprint density at radius 3 is 2.68 bits per heavy atom. The second-order valence-corrected chi connectivity index (χ2v) is 8.76. The highest BCUT2D eigenvalue weighted by Crippen LogP contribution is 2.43. The molecule has 0 aliphatic carbocycles. The van der Waals surface area contributed by atoms with Gasteiger partial charge in [0.1, 0.15) is 5.60 Å². The van der Waals surface area contributed by atoms with Crippen molar-refractivity contribution in [2.24, 2.45) is 0 Å². The highest BCUT2D eigenvalue weighted by molar-refractivity contribution is 9.10. The molecule has 0 saturated heterocycles. The zero-order valence-corrected chi connectivity index (χ0v) is 18.4. The van der Waals surface area contributed by atoms with Crippen LogP contribution in [0.15, 0.2) is 10.5 Å². The molecule has 0 radical (unpaired) electrons. The molecule has 2 aliphatic rings. The number of hydrogen-bond donors (Lipinski definition) is 0. The Balaban J connectivity index is 1.87. The summed E-state index contributed by atoms with van der Waals surface area (Å²) in [5.74, 6) is 0.598. The fourth-order valence-electron chi connectivity index (χ4n) is 3.44. The van der Waals surface area contributed by atoms with Crippen LogP contribution in [0.1, 0.15) is 31.9 Å². The van der Waals surface area contributed by atoms with Crippen LogP contribution in [0.4, 0.5) is 10.5 Å². The first-order valence-corrected chi connectivity index (χ1v) is 10.2. The number of rotatable bonds is 3. The van der Waals surface area contributed by atoms with Crippen LogP contribution in [0.25, 0.3) is 0 Å². The van der Waals surface area contributed by atoms with Crippen LogP contribution < -0.4 is 9.64 Å². The van der Waals surface area contributed by atoms with E-state index in [4.69, 9.17) is 14.2 Å². The maximum atomic E-state index is 12.5. The second kappa shape index (κ2) is 8.29. The quantitative estimate of drug-likeness (QED) is 0.701. The van der Waals surface area contributed by atoms with E-state index in [9.17, 15) is 9.59 Å². The summed E-state index contributed by atoms with van der Waals surface area (Å²) in [5, 5.41) is 0. The minimum Gasteiger partial charge on any atom is -0.480 e. The van der Waals surface area contributed by atoms with Gasteiger partial charge >= 0.3 is 6.09 Å². The molecular formula is C20H27BrN2O5. The summed E-state index contributed by atoms with van der Waals surface area (Å²) in [5.41, 5.74) is 2.46. The Morgan fingerprint density at radius 1 is 1.29 bits per heavy atom. The Bertz CT molecular complexity index is 775. The van der Waals surface area contributed by atoms with Crippen molar-refractivity contribution in [1.29, 1.82) is 0 Å². The predicted molar refractivity (Wildman–Crippen MR) is 109 cm³/mol. The molecule has 1 aromatic rings. The van der Waals surface area contributed by atoms with E-state index in [1.807, 2.05) is 26.8 Å². The molecule has 2 aliphatic heterocycles. The normalized spacial score (nSPS) is 16.8. The molecule has 0 saturated carbocycles. The smallest absolute Gasteiger partial charge is 0.410 e. The van der Waals surface area contributed by atoms with E-state index in [0.717, 1.165) is 21.3 Å². The summed E-state index contributed by atoms with van der Waals surface area (Å²) >= 11 is 3.68. The molecule has 0 aromatic heterocycles. The van der Waals surface area contributed by atoms with Crippen molar-refractivity contribution >= 4 is 33.6 Å². The number of nitrogens with zero attached hydrogens (tertiary/aromatic N) is 2. The molecular weight excluding hydrogens is 428 g/mol. The van der Waals surface area contributed by atoms with Crippen molar-refractivity contribution < 1.29 is 23.8 Å². The highest BCUT2D eigenvalue weighted by atomic mass is 79.9.